The zero-order valence-electron chi connectivity index (χ0n) is 10.7. The molecule has 3 rings (SSSR count). The van der Waals surface area contributed by atoms with Crippen LogP contribution in [0.4, 0.5) is 10.2 Å². The summed E-state index contributed by atoms with van der Waals surface area (Å²) >= 11 is 6.09. The summed E-state index contributed by atoms with van der Waals surface area (Å²) in [5, 5.41) is 0.342. The molecule has 1 aliphatic carbocycles. The maximum absolute atomic E-state index is 14.0. The minimum atomic E-state index is -0.387. The molecular weight excluding hydrogens is 265 g/mol. The maximum atomic E-state index is 14.0. The Hall–Kier alpha value is -1.55. The van der Waals surface area contributed by atoms with Crippen molar-refractivity contribution in [3.63, 3.8) is 0 Å². The Bertz CT molecular complexity index is 612. The lowest BCUT2D eigenvalue weighted by Gasteiger charge is -2.06. The van der Waals surface area contributed by atoms with Crippen molar-refractivity contribution < 1.29 is 4.39 Å². The van der Waals surface area contributed by atoms with Crippen LogP contribution >= 0.6 is 11.6 Å². The Kier molecular flexibility index (Phi) is 2.97. The fourth-order valence-corrected chi connectivity index (χ4v) is 2.63. The summed E-state index contributed by atoms with van der Waals surface area (Å²) in [5.74, 6) is 1.52. The highest BCUT2D eigenvalue weighted by Gasteiger charge is 2.31. The van der Waals surface area contributed by atoms with Gasteiger partial charge in [-0.1, -0.05) is 17.7 Å². The summed E-state index contributed by atoms with van der Waals surface area (Å²) in [7, 11) is 0. The first-order valence-electron chi connectivity index (χ1n) is 6.43. The highest BCUT2D eigenvalue weighted by Crippen LogP contribution is 2.43. The Morgan fingerprint density at radius 2 is 2.21 bits per heavy atom. The first-order valence-corrected chi connectivity index (χ1v) is 6.81. The van der Waals surface area contributed by atoms with Crippen LogP contribution in [-0.2, 0) is 6.54 Å². The molecule has 1 aliphatic rings. The van der Waals surface area contributed by atoms with Crippen molar-refractivity contribution in [3.05, 3.63) is 34.9 Å². The molecule has 100 valence electrons. The molecular formula is C14H15ClFN3. The van der Waals surface area contributed by atoms with E-state index in [2.05, 4.69) is 4.98 Å². The lowest BCUT2D eigenvalue weighted by atomic mass is 10.1. The molecule has 0 unspecified atom stereocenters. The quantitative estimate of drug-likeness (QED) is 0.928. The second-order valence-corrected chi connectivity index (χ2v) is 5.23. The number of imidazole rings is 1. The van der Waals surface area contributed by atoms with E-state index in [0.717, 1.165) is 25.2 Å². The molecule has 1 heterocycles. The maximum Gasteiger partial charge on any atom is 0.134 e. The van der Waals surface area contributed by atoms with E-state index in [9.17, 15) is 4.39 Å². The van der Waals surface area contributed by atoms with Gasteiger partial charge >= 0.3 is 0 Å². The molecule has 0 radical (unpaired) electrons. The number of hydrogen-bond donors (Lipinski definition) is 1. The van der Waals surface area contributed by atoms with E-state index in [1.807, 2.05) is 11.5 Å². The average molecular weight is 280 g/mol. The molecule has 1 saturated carbocycles. The fraction of sp³-hybridized carbons (Fsp3) is 0.357. The highest BCUT2D eigenvalue weighted by atomic mass is 35.5. The molecule has 0 aliphatic heterocycles. The molecule has 2 N–H and O–H groups in total. The lowest BCUT2D eigenvalue weighted by Crippen LogP contribution is -2.04. The molecule has 1 aromatic heterocycles. The van der Waals surface area contributed by atoms with Gasteiger partial charge in [0.05, 0.1) is 10.6 Å². The largest absolute Gasteiger partial charge is 0.383 e. The zero-order valence-corrected chi connectivity index (χ0v) is 11.4. The Labute approximate surface area is 116 Å². The number of hydrogen-bond acceptors (Lipinski definition) is 2. The molecule has 0 spiro atoms. The van der Waals surface area contributed by atoms with E-state index in [1.54, 1.807) is 12.1 Å². The third-order valence-corrected chi connectivity index (χ3v) is 3.81. The Morgan fingerprint density at radius 3 is 2.79 bits per heavy atom. The summed E-state index contributed by atoms with van der Waals surface area (Å²) in [6, 6.07) is 4.61. The van der Waals surface area contributed by atoms with Crippen molar-refractivity contribution in [1.29, 1.82) is 0 Å². The zero-order chi connectivity index (χ0) is 13.6. The van der Waals surface area contributed by atoms with Crippen LogP contribution in [0.1, 0.15) is 31.5 Å². The molecule has 19 heavy (non-hydrogen) atoms. The van der Waals surface area contributed by atoms with Gasteiger partial charge < -0.3 is 10.3 Å². The van der Waals surface area contributed by atoms with Gasteiger partial charge in [-0.3, -0.25) is 0 Å². The molecule has 2 aromatic rings. The van der Waals surface area contributed by atoms with Crippen LogP contribution in [0.3, 0.4) is 0 Å². The molecule has 0 amide bonds. The number of rotatable bonds is 3. The molecule has 3 nitrogen and oxygen atoms in total. The van der Waals surface area contributed by atoms with Crippen molar-refractivity contribution in [2.45, 2.75) is 32.2 Å². The molecule has 0 atom stereocenters. The van der Waals surface area contributed by atoms with E-state index in [0.29, 0.717) is 28.0 Å². The smallest absolute Gasteiger partial charge is 0.134 e. The second-order valence-electron chi connectivity index (χ2n) is 4.82. The standard InChI is InChI=1S/C14H15ClFN3/c1-2-19-13(17)12(18-14(19)8-6-7-8)11-9(15)4-3-5-10(11)16/h3-5,8H,2,6-7,17H2,1H3. The van der Waals surface area contributed by atoms with Crippen molar-refractivity contribution in [2.24, 2.45) is 0 Å². The number of nitrogens with zero attached hydrogens (tertiary/aromatic N) is 2. The molecule has 0 bridgehead atoms. The van der Waals surface area contributed by atoms with Crippen LogP contribution < -0.4 is 5.73 Å². The minimum Gasteiger partial charge on any atom is -0.383 e. The highest BCUT2D eigenvalue weighted by molar-refractivity contribution is 6.33. The van der Waals surface area contributed by atoms with Crippen LogP contribution in [0.2, 0.25) is 5.02 Å². The first-order chi connectivity index (χ1) is 9.13. The van der Waals surface area contributed by atoms with E-state index < -0.39 is 0 Å². The topological polar surface area (TPSA) is 43.8 Å². The van der Waals surface area contributed by atoms with Crippen LogP contribution in [0.5, 0.6) is 0 Å². The van der Waals surface area contributed by atoms with Gasteiger partial charge in [-0.25, -0.2) is 9.37 Å². The Balaban J connectivity index is 2.20. The monoisotopic (exact) mass is 279 g/mol. The van der Waals surface area contributed by atoms with Gasteiger partial charge in [0.2, 0.25) is 0 Å². The van der Waals surface area contributed by atoms with Crippen molar-refractivity contribution in [3.8, 4) is 11.3 Å². The summed E-state index contributed by atoms with van der Waals surface area (Å²) < 4.78 is 15.9. The SMILES string of the molecule is CCn1c(C2CC2)nc(-c2c(F)cccc2Cl)c1N. The predicted octanol–water partition coefficient (Wildman–Crippen LogP) is 3.82. The fourth-order valence-electron chi connectivity index (χ4n) is 2.38. The summed E-state index contributed by atoms with van der Waals surface area (Å²) in [6.07, 6.45) is 2.25. The number of benzene rings is 1. The van der Waals surface area contributed by atoms with Crippen LogP contribution in [0.15, 0.2) is 18.2 Å². The Morgan fingerprint density at radius 1 is 1.47 bits per heavy atom. The van der Waals surface area contributed by atoms with Crippen LogP contribution in [0, 0.1) is 5.82 Å². The van der Waals surface area contributed by atoms with Crippen molar-refractivity contribution in [1.82, 2.24) is 9.55 Å². The van der Waals surface area contributed by atoms with Gasteiger partial charge in [0, 0.05) is 12.5 Å². The number of nitrogens with two attached hydrogens (primary N) is 1. The summed E-state index contributed by atoms with van der Waals surface area (Å²) in [4.78, 5) is 4.55. The van der Waals surface area contributed by atoms with Crippen LogP contribution in [0.25, 0.3) is 11.3 Å². The van der Waals surface area contributed by atoms with E-state index in [1.165, 1.54) is 6.07 Å². The predicted molar refractivity (Wildman–Crippen MR) is 74.7 cm³/mol. The lowest BCUT2D eigenvalue weighted by molar-refractivity contribution is 0.631. The summed E-state index contributed by atoms with van der Waals surface area (Å²) in [6.45, 7) is 2.74. The average Bonchev–Trinajstić information content (AvgIpc) is 3.16. The first kappa shape index (κ1) is 12.5. The van der Waals surface area contributed by atoms with Crippen molar-refractivity contribution >= 4 is 17.4 Å². The molecule has 0 saturated heterocycles. The van der Waals surface area contributed by atoms with Gasteiger partial charge in [-0.05, 0) is 31.9 Å². The number of halogens is 2. The third kappa shape index (κ3) is 2.00. The molecule has 5 heteroatoms. The summed E-state index contributed by atoms with van der Waals surface area (Å²) in [5.41, 5.74) is 6.89. The number of anilines is 1. The van der Waals surface area contributed by atoms with E-state index in [4.69, 9.17) is 17.3 Å². The van der Waals surface area contributed by atoms with Gasteiger partial charge in [0.25, 0.3) is 0 Å². The van der Waals surface area contributed by atoms with E-state index >= 15 is 0 Å². The normalized spacial score (nSPS) is 14.9. The molecule has 1 aromatic carbocycles. The number of nitrogen functional groups attached to an aromatic ring is 1. The van der Waals surface area contributed by atoms with E-state index in [-0.39, 0.29) is 5.82 Å². The third-order valence-electron chi connectivity index (χ3n) is 3.49. The van der Waals surface area contributed by atoms with Crippen molar-refractivity contribution in [2.75, 3.05) is 5.73 Å². The van der Waals surface area contributed by atoms with Gasteiger partial charge in [0.15, 0.2) is 0 Å². The molecule has 1 fully saturated rings. The van der Waals surface area contributed by atoms with Gasteiger partial charge in [-0.2, -0.15) is 0 Å². The van der Waals surface area contributed by atoms with Gasteiger partial charge in [-0.15, -0.1) is 0 Å². The number of aromatic nitrogens is 2. The van der Waals surface area contributed by atoms with Crippen LogP contribution in [-0.4, -0.2) is 9.55 Å². The second kappa shape index (κ2) is 4.53. The minimum absolute atomic E-state index is 0.302. The van der Waals surface area contributed by atoms with Gasteiger partial charge in [0.1, 0.15) is 23.2 Å².